The molecular formula is C24H28N6O3. The Labute approximate surface area is 192 Å². The predicted octanol–water partition coefficient (Wildman–Crippen LogP) is 2.72. The number of rotatable bonds is 7. The van der Waals surface area contributed by atoms with Crippen LogP contribution >= 0.6 is 0 Å². The number of aryl methyl sites for hydroxylation is 1. The van der Waals surface area contributed by atoms with Crippen LogP contribution in [0.4, 0.5) is 5.69 Å². The second-order valence-corrected chi connectivity index (χ2v) is 8.19. The van der Waals surface area contributed by atoms with Crippen LogP contribution in [0.1, 0.15) is 34.7 Å². The number of carbonyl (C=O) groups is 2. The zero-order valence-corrected chi connectivity index (χ0v) is 18.9. The van der Waals surface area contributed by atoms with Crippen molar-refractivity contribution in [3.8, 4) is 5.75 Å². The number of hydrogen-bond donors (Lipinski definition) is 1. The number of nitrogens with zero attached hydrogens (tertiary/aromatic N) is 5. The maximum Gasteiger partial charge on any atom is 0.259 e. The summed E-state index contributed by atoms with van der Waals surface area (Å²) in [6.07, 6.45) is 7.47. The van der Waals surface area contributed by atoms with Gasteiger partial charge >= 0.3 is 0 Å². The highest BCUT2D eigenvalue weighted by atomic mass is 16.5. The van der Waals surface area contributed by atoms with Crippen LogP contribution in [0.25, 0.3) is 0 Å². The zero-order chi connectivity index (χ0) is 23.2. The van der Waals surface area contributed by atoms with Gasteiger partial charge in [0.25, 0.3) is 5.91 Å². The summed E-state index contributed by atoms with van der Waals surface area (Å²) < 4.78 is 6.81. The molecule has 1 saturated heterocycles. The molecule has 33 heavy (non-hydrogen) atoms. The summed E-state index contributed by atoms with van der Waals surface area (Å²) >= 11 is 0. The van der Waals surface area contributed by atoms with Crippen molar-refractivity contribution in [2.24, 2.45) is 5.92 Å². The van der Waals surface area contributed by atoms with E-state index in [0.29, 0.717) is 42.5 Å². The van der Waals surface area contributed by atoms with E-state index in [2.05, 4.69) is 20.4 Å². The summed E-state index contributed by atoms with van der Waals surface area (Å²) in [5.41, 5.74) is 1.90. The van der Waals surface area contributed by atoms with Gasteiger partial charge in [-0.1, -0.05) is 0 Å². The second kappa shape index (κ2) is 10.2. The molecule has 0 aliphatic carbocycles. The van der Waals surface area contributed by atoms with Crippen molar-refractivity contribution >= 4 is 17.5 Å². The smallest absolute Gasteiger partial charge is 0.259 e. The molecule has 1 fully saturated rings. The van der Waals surface area contributed by atoms with Crippen molar-refractivity contribution in [1.82, 2.24) is 24.6 Å². The van der Waals surface area contributed by atoms with Crippen molar-refractivity contribution in [3.63, 3.8) is 0 Å². The molecule has 4 rings (SSSR count). The highest BCUT2D eigenvalue weighted by Gasteiger charge is 2.25. The highest BCUT2D eigenvalue weighted by Crippen LogP contribution is 2.24. The van der Waals surface area contributed by atoms with E-state index in [1.54, 1.807) is 54.6 Å². The number of hydrogen-bond acceptors (Lipinski definition) is 6. The van der Waals surface area contributed by atoms with Crippen LogP contribution < -0.4 is 10.1 Å². The first kappa shape index (κ1) is 22.4. The number of carbonyl (C=O) groups excluding carboxylic acids is 2. The molecule has 0 spiro atoms. The van der Waals surface area contributed by atoms with E-state index in [4.69, 9.17) is 4.74 Å². The standard InChI is InChI=1S/C24H28N6O3/c1-17-25-15-21(24(32)28-19-4-6-20(33-2)7-5-19)22(27-17)14-18-8-12-29(13-9-18)23(31)16-30-11-3-10-26-30/h3-7,10-11,15,18H,8-9,12-14,16H2,1-2H3,(H,28,32). The predicted molar refractivity (Wildman–Crippen MR) is 123 cm³/mol. The lowest BCUT2D eigenvalue weighted by Crippen LogP contribution is -2.40. The Kier molecular flexibility index (Phi) is 6.97. The third kappa shape index (κ3) is 5.74. The number of ether oxygens (including phenoxy) is 1. The van der Waals surface area contributed by atoms with E-state index in [1.807, 2.05) is 17.9 Å². The monoisotopic (exact) mass is 448 g/mol. The fourth-order valence-electron chi connectivity index (χ4n) is 4.03. The van der Waals surface area contributed by atoms with Gasteiger partial charge in [0, 0.05) is 37.4 Å². The Morgan fingerprint density at radius 2 is 1.94 bits per heavy atom. The summed E-state index contributed by atoms with van der Waals surface area (Å²) in [6.45, 7) is 3.48. The molecule has 1 aliphatic heterocycles. The summed E-state index contributed by atoms with van der Waals surface area (Å²) in [5.74, 6) is 1.55. The van der Waals surface area contributed by atoms with Gasteiger partial charge in [-0.15, -0.1) is 0 Å². The lowest BCUT2D eigenvalue weighted by atomic mass is 9.90. The Bertz CT molecular complexity index is 1090. The molecule has 1 aromatic carbocycles. The molecular weight excluding hydrogens is 420 g/mol. The molecule has 0 radical (unpaired) electrons. The van der Waals surface area contributed by atoms with Crippen LogP contribution in [0.5, 0.6) is 5.75 Å². The summed E-state index contributed by atoms with van der Waals surface area (Å²) in [7, 11) is 1.60. The number of benzene rings is 1. The molecule has 9 nitrogen and oxygen atoms in total. The minimum Gasteiger partial charge on any atom is -0.497 e. The van der Waals surface area contributed by atoms with E-state index in [0.717, 1.165) is 24.3 Å². The van der Waals surface area contributed by atoms with Gasteiger partial charge in [0.05, 0.1) is 18.4 Å². The Morgan fingerprint density at radius 1 is 1.18 bits per heavy atom. The number of amides is 2. The maximum absolute atomic E-state index is 13.0. The molecule has 172 valence electrons. The minimum absolute atomic E-state index is 0.0783. The van der Waals surface area contributed by atoms with E-state index in [9.17, 15) is 9.59 Å². The average Bonchev–Trinajstić information content (AvgIpc) is 3.33. The third-order valence-corrected chi connectivity index (χ3v) is 5.89. The second-order valence-electron chi connectivity index (χ2n) is 8.19. The van der Waals surface area contributed by atoms with Crippen LogP contribution in [0.2, 0.25) is 0 Å². The number of nitrogens with one attached hydrogen (secondary N) is 1. The number of aromatic nitrogens is 4. The van der Waals surface area contributed by atoms with Crippen LogP contribution in [0.15, 0.2) is 48.9 Å². The Morgan fingerprint density at radius 3 is 2.61 bits per heavy atom. The normalized spacial score (nSPS) is 14.2. The van der Waals surface area contributed by atoms with Gasteiger partial charge in [0.15, 0.2) is 0 Å². The van der Waals surface area contributed by atoms with Gasteiger partial charge in [-0.25, -0.2) is 9.97 Å². The van der Waals surface area contributed by atoms with Gasteiger partial charge in [-0.2, -0.15) is 5.10 Å². The minimum atomic E-state index is -0.234. The fourth-order valence-corrected chi connectivity index (χ4v) is 4.03. The van der Waals surface area contributed by atoms with E-state index >= 15 is 0 Å². The number of piperidine rings is 1. The average molecular weight is 449 g/mol. The van der Waals surface area contributed by atoms with Crippen molar-refractivity contribution in [1.29, 1.82) is 0 Å². The lowest BCUT2D eigenvalue weighted by Gasteiger charge is -2.32. The topological polar surface area (TPSA) is 102 Å². The SMILES string of the molecule is COc1ccc(NC(=O)c2cnc(C)nc2CC2CCN(C(=O)Cn3cccn3)CC2)cc1. The molecule has 0 bridgehead atoms. The molecule has 3 heterocycles. The Hall–Kier alpha value is -3.75. The van der Waals surface area contributed by atoms with Gasteiger partial charge in [0.1, 0.15) is 18.1 Å². The first-order valence-corrected chi connectivity index (χ1v) is 11.0. The van der Waals surface area contributed by atoms with Gasteiger partial charge in [-0.3, -0.25) is 14.3 Å². The third-order valence-electron chi connectivity index (χ3n) is 5.89. The molecule has 1 aliphatic rings. The van der Waals surface area contributed by atoms with Crippen molar-refractivity contribution in [3.05, 3.63) is 66.0 Å². The molecule has 9 heteroatoms. The van der Waals surface area contributed by atoms with Gasteiger partial charge in [-0.05, 0) is 62.4 Å². The number of likely N-dealkylation sites (tertiary alicyclic amines) is 1. The maximum atomic E-state index is 13.0. The summed E-state index contributed by atoms with van der Waals surface area (Å²) in [5, 5.41) is 7.02. The van der Waals surface area contributed by atoms with Crippen LogP contribution in [-0.4, -0.2) is 56.7 Å². The number of anilines is 1. The van der Waals surface area contributed by atoms with Crippen molar-refractivity contribution < 1.29 is 14.3 Å². The van der Waals surface area contributed by atoms with Crippen molar-refractivity contribution in [2.45, 2.75) is 32.7 Å². The fraction of sp³-hybridized carbons (Fsp3) is 0.375. The van der Waals surface area contributed by atoms with Crippen LogP contribution in [-0.2, 0) is 17.8 Å². The van der Waals surface area contributed by atoms with Gasteiger partial charge < -0.3 is 15.0 Å². The quantitative estimate of drug-likeness (QED) is 0.596. The first-order valence-electron chi connectivity index (χ1n) is 11.0. The molecule has 3 aromatic rings. The van der Waals surface area contributed by atoms with Crippen molar-refractivity contribution in [2.75, 3.05) is 25.5 Å². The first-order chi connectivity index (χ1) is 16.0. The molecule has 2 aromatic heterocycles. The number of methoxy groups -OCH3 is 1. The van der Waals surface area contributed by atoms with Gasteiger partial charge in [0.2, 0.25) is 5.91 Å². The molecule has 0 atom stereocenters. The molecule has 0 saturated carbocycles. The van der Waals surface area contributed by atoms with Crippen LogP contribution in [0.3, 0.4) is 0 Å². The summed E-state index contributed by atoms with van der Waals surface area (Å²) in [4.78, 5) is 36.2. The molecule has 0 unspecified atom stereocenters. The van der Waals surface area contributed by atoms with E-state index in [1.165, 1.54) is 0 Å². The lowest BCUT2D eigenvalue weighted by molar-refractivity contribution is -0.133. The van der Waals surface area contributed by atoms with E-state index in [-0.39, 0.29) is 18.4 Å². The Balaban J connectivity index is 1.37. The molecule has 1 N–H and O–H groups in total. The summed E-state index contributed by atoms with van der Waals surface area (Å²) in [6, 6.07) is 8.99. The highest BCUT2D eigenvalue weighted by molar-refractivity contribution is 6.04. The largest absolute Gasteiger partial charge is 0.497 e. The molecule has 2 amide bonds. The van der Waals surface area contributed by atoms with E-state index < -0.39 is 0 Å². The van der Waals surface area contributed by atoms with Crippen LogP contribution in [0, 0.1) is 12.8 Å². The zero-order valence-electron chi connectivity index (χ0n) is 18.9.